The van der Waals surface area contributed by atoms with Crippen molar-refractivity contribution in [1.29, 1.82) is 0 Å². The van der Waals surface area contributed by atoms with Crippen LogP contribution in [-0.4, -0.2) is 39.7 Å². The molecule has 2 aliphatic rings. The van der Waals surface area contributed by atoms with E-state index in [9.17, 15) is 4.79 Å². The third kappa shape index (κ3) is 3.46. The number of amides is 1. The van der Waals surface area contributed by atoms with Gasteiger partial charge in [-0.1, -0.05) is 12.8 Å². The average molecular weight is 290 g/mol. The van der Waals surface area contributed by atoms with Crippen LogP contribution in [0.2, 0.25) is 0 Å². The summed E-state index contributed by atoms with van der Waals surface area (Å²) < 4.78 is 2.11. The monoisotopic (exact) mass is 290 g/mol. The van der Waals surface area contributed by atoms with Gasteiger partial charge in [0.2, 0.25) is 5.91 Å². The highest BCUT2D eigenvalue weighted by molar-refractivity contribution is 5.81. The summed E-state index contributed by atoms with van der Waals surface area (Å²) in [7, 11) is 0. The Morgan fingerprint density at radius 3 is 2.76 bits per heavy atom. The second kappa shape index (κ2) is 6.60. The topological polar surface area (TPSA) is 50.2 Å². The molecule has 1 amide bonds. The number of hydrogen-bond donors (Lipinski definition) is 1. The van der Waals surface area contributed by atoms with Crippen molar-refractivity contribution >= 4 is 5.91 Å². The smallest absolute Gasteiger partial charge is 0.239 e. The molecule has 5 heteroatoms. The van der Waals surface area contributed by atoms with E-state index in [-0.39, 0.29) is 11.9 Å². The van der Waals surface area contributed by atoms with Crippen molar-refractivity contribution < 1.29 is 4.79 Å². The fourth-order valence-electron chi connectivity index (χ4n) is 3.40. The third-order valence-corrected chi connectivity index (χ3v) is 4.74. The van der Waals surface area contributed by atoms with Gasteiger partial charge < -0.3 is 10.2 Å². The summed E-state index contributed by atoms with van der Waals surface area (Å²) in [5.41, 5.74) is 1.03. The van der Waals surface area contributed by atoms with Crippen molar-refractivity contribution in [3.8, 4) is 0 Å². The Morgan fingerprint density at radius 1 is 1.33 bits per heavy atom. The maximum absolute atomic E-state index is 12.2. The standard InChI is InChI=1S/C16H26N4O/c1-13(16(21)19-9-4-5-10-19)17-12-14-8-11-20(18-14)15-6-2-3-7-15/h8,11,13,15,17H,2-7,9-10,12H2,1H3. The predicted octanol–water partition coefficient (Wildman–Crippen LogP) is 2.10. The Balaban J connectivity index is 1.49. The van der Waals surface area contributed by atoms with Gasteiger partial charge in [0.25, 0.3) is 0 Å². The lowest BCUT2D eigenvalue weighted by atomic mass is 10.3. The Morgan fingerprint density at radius 2 is 2.05 bits per heavy atom. The van der Waals surface area contributed by atoms with Crippen LogP contribution in [0.4, 0.5) is 0 Å². The Kier molecular flexibility index (Phi) is 4.58. The molecule has 3 rings (SSSR count). The minimum atomic E-state index is -0.125. The van der Waals surface area contributed by atoms with Gasteiger partial charge in [-0.05, 0) is 38.7 Å². The molecule has 0 aromatic carbocycles. The first-order valence-electron chi connectivity index (χ1n) is 8.30. The molecule has 1 saturated carbocycles. The van der Waals surface area contributed by atoms with Crippen LogP contribution in [0.15, 0.2) is 12.3 Å². The summed E-state index contributed by atoms with van der Waals surface area (Å²) in [6.45, 7) is 4.46. The highest BCUT2D eigenvalue weighted by Gasteiger charge is 2.23. The zero-order chi connectivity index (χ0) is 14.7. The lowest BCUT2D eigenvalue weighted by molar-refractivity contribution is -0.131. The molecule has 21 heavy (non-hydrogen) atoms. The minimum Gasteiger partial charge on any atom is -0.341 e. The van der Waals surface area contributed by atoms with Gasteiger partial charge in [-0.25, -0.2) is 0 Å². The van der Waals surface area contributed by atoms with Gasteiger partial charge in [-0.3, -0.25) is 9.48 Å². The van der Waals surface area contributed by atoms with E-state index in [4.69, 9.17) is 0 Å². The Labute approximate surface area is 126 Å². The van der Waals surface area contributed by atoms with E-state index in [1.54, 1.807) is 0 Å². The molecule has 1 aliphatic heterocycles. The van der Waals surface area contributed by atoms with Gasteiger partial charge in [0.15, 0.2) is 0 Å². The van der Waals surface area contributed by atoms with Gasteiger partial charge in [-0.2, -0.15) is 5.10 Å². The molecule has 1 saturated heterocycles. The summed E-state index contributed by atoms with van der Waals surface area (Å²) in [4.78, 5) is 14.2. The van der Waals surface area contributed by atoms with Crippen LogP contribution in [0.25, 0.3) is 0 Å². The first-order valence-corrected chi connectivity index (χ1v) is 8.30. The number of rotatable bonds is 5. The molecule has 116 valence electrons. The van der Waals surface area contributed by atoms with Crippen LogP contribution in [-0.2, 0) is 11.3 Å². The predicted molar refractivity (Wildman–Crippen MR) is 81.8 cm³/mol. The molecule has 0 spiro atoms. The summed E-state index contributed by atoms with van der Waals surface area (Å²) >= 11 is 0. The van der Waals surface area contributed by atoms with Crippen molar-refractivity contribution in [2.75, 3.05) is 13.1 Å². The molecule has 1 aliphatic carbocycles. The molecule has 2 heterocycles. The van der Waals surface area contributed by atoms with Crippen molar-refractivity contribution in [3.63, 3.8) is 0 Å². The summed E-state index contributed by atoms with van der Waals surface area (Å²) in [5, 5.41) is 7.96. The lowest BCUT2D eigenvalue weighted by Crippen LogP contribution is -2.43. The molecule has 1 atom stereocenters. The van der Waals surface area contributed by atoms with Gasteiger partial charge in [0.05, 0.1) is 17.8 Å². The highest BCUT2D eigenvalue weighted by atomic mass is 16.2. The quantitative estimate of drug-likeness (QED) is 0.903. The first-order chi connectivity index (χ1) is 10.2. The van der Waals surface area contributed by atoms with Gasteiger partial charge >= 0.3 is 0 Å². The van der Waals surface area contributed by atoms with Crippen molar-refractivity contribution in [2.45, 2.75) is 64.1 Å². The first kappa shape index (κ1) is 14.6. The van der Waals surface area contributed by atoms with E-state index in [0.29, 0.717) is 12.6 Å². The summed E-state index contributed by atoms with van der Waals surface area (Å²) in [5.74, 6) is 0.225. The number of carbonyl (C=O) groups is 1. The number of nitrogens with one attached hydrogen (secondary N) is 1. The van der Waals surface area contributed by atoms with Crippen LogP contribution < -0.4 is 5.32 Å². The van der Waals surface area contributed by atoms with Crippen molar-refractivity contribution in [1.82, 2.24) is 20.0 Å². The second-order valence-electron chi connectivity index (χ2n) is 6.36. The molecule has 1 unspecified atom stereocenters. The fourth-order valence-corrected chi connectivity index (χ4v) is 3.40. The third-order valence-electron chi connectivity index (χ3n) is 4.74. The van der Waals surface area contributed by atoms with Gasteiger partial charge in [0, 0.05) is 25.8 Å². The van der Waals surface area contributed by atoms with Crippen LogP contribution >= 0.6 is 0 Å². The normalized spacial score (nSPS) is 21.1. The molecule has 2 fully saturated rings. The van der Waals surface area contributed by atoms with Gasteiger partial charge in [-0.15, -0.1) is 0 Å². The van der Waals surface area contributed by atoms with Crippen LogP contribution in [0.3, 0.4) is 0 Å². The lowest BCUT2D eigenvalue weighted by Gasteiger charge is -2.20. The van der Waals surface area contributed by atoms with E-state index in [1.165, 1.54) is 25.7 Å². The number of hydrogen-bond acceptors (Lipinski definition) is 3. The Hall–Kier alpha value is -1.36. The molecule has 0 bridgehead atoms. The minimum absolute atomic E-state index is 0.125. The van der Waals surface area contributed by atoms with Crippen LogP contribution in [0.5, 0.6) is 0 Å². The summed E-state index contributed by atoms with van der Waals surface area (Å²) in [6.07, 6.45) is 9.50. The van der Waals surface area contributed by atoms with Crippen molar-refractivity contribution in [2.24, 2.45) is 0 Å². The molecule has 1 aromatic rings. The van der Waals surface area contributed by atoms with E-state index in [2.05, 4.69) is 27.4 Å². The number of carbonyl (C=O) groups excluding carboxylic acids is 1. The Bertz CT molecular complexity index is 472. The zero-order valence-electron chi connectivity index (χ0n) is 12.9. The molecular weight excluding hydrogens is 264 g/mol. The molecule has 1 N–H and O–H groups in total. The molecule has 1 aromatic heterocycles. The largest absolute Gasteiger partial charge is 0.341 e. The number of aromatic nitrogens is 2. The maximum Gasteiger partial charge on any atom is 0.239 e. The van der Waals surface area contributed by atoms with E-state index in [1.807, 2.05) is 11.8 Å². The van der Waals surface area contributed by atoms with E-state index >= 15 is 0 Å². The van der Waals surface area contributed by atoms with E-state index in [0.717, 1.165) is 31.6 Å². The highest BCUT2D eigenvalue weighted by Crippen LogP contribution is 2.28. The zero-order valence-corrected chi connectivity index (χ0v) is 12.9. The average Bonchev–Trinajstić information content (AvgIpc) is 3.25. The van der Waals surface area contributed by atoms with Crippen LogP contribution in [0.1, 0.15) is 57.2 Å². The SMILES string of the molecule is CC(NCc1ccn(C2CCCC2)n1)C(=O)N1CCCC1. The molecule has 0 radical (unpaired) electrons. The van der Waals surface area contributed by atoms with E-state index < -0.39 is 0 Å². The molecular formula is C16H26N4O. The maximum atomic E-state index is 12.2. The van der Waals surface area contributed by atoms with Gasteiger partial charge in [0.1, 0.15) is 0 Å². The van der Waals surface area contributed by atoms with Crippen molar-refractivity contribution in [3.05, 3.63) is 18.0 Å². The molecule has 5 nitrogen and oxygen atoms in total. The fraction of sp³-hybridized carbons (Fsp3) is 0.750. The number of nitrogens with zero attached hydrogens (tertiary/aromatic N) is 3. The number of likely N-dealkylation sites (tertiary alicyclic amines) is 1. The van der Waals surface area contributed by atoms with Crippen LogP contribution in [0, 0.1) is 0 Å². The second-order valence-corrected chi connectivity index (χ2v) is 6.36. The summed E-state index contributed by atoms with van der Waals surface area (Å²) in [6, 6.07) is 2.53.